The molecule has 2 aromatic carbocycles. The second-order valence-corrected chi connectivity index (χ2v) is 6.89. The largest absolute Gasteiger partial charge is 0.445 e. The summed E-state index contributed by atoms with van der Waals surface area (Å²) in [4.78, 5) is 14.2. The first-order valence-electron chi connectivity index (χ1n) is 8.81. The van der Waals surface area contributed by atoms with Crippen molar-refractivity contribution in [3.8, 4) is 0 Å². The quantitative estimate of drug-likeness (QED) is 0.905. The normalized spacial score (nSPS) is 20.3. The molecule has 2 aromatic rings. The Morgan fingerprint density at radius 1 is 1.04 bits per heavy atom. The minimum absolute atomic E-state index is 0.0738. The Morgan fingerprint density at radius 3 is 2.32 bits per heavy atom. The van der Waals surface area contributed by atoms with Crippen molar-refractivity contribution in [1.82, 2.24) is 4.90 Å². The number of hydrogen-bond donors (Lipinski definition) is 1. The molecule has 0 radical (unpaired) electrons. The Labute approximate surface area is 149 Å². The van der Waals surface area contributed by atoms with Gasteiger partial charge in [-0.1, -0.05) is 60.7 Å². The lowest BCUT2D eigenvalue weighted by Gasteiger charge is -2.41. The number of amides is 1. The number of aliphatic hydroxyl groups is 1. The fraction of sp³-hybridized carbons (Fsp3) is 0.381. The zero-order valence-corrected chi connectivity index (χ0v) is 14.4. The van der Waals surface area contributed by atoms with E-state index in [-0.39, 0.29) is 24.7 Å². The van der Waals surface area contributed by atoms with E-state index >= 15 is 0 Å². The first-order chi connectivity index (χ1) is 12.2. The van der Waals surface area contributed by atoms with Gasteiger partial charge in [-0.05, 0) is 30.4 Å². The second-order valence-electron chi connectivity index (χ2n) is 6.89. The molecule has 1 heterocycles. The number of benzene rings is 2. The Morgan fingerprint density at radius 2 is 1.68 bits per heavy atom. The van der Waals surface area contributed by atoms with Crippen molar-refractivity contribution in [1.29, 1.82) is 0 Å². The lowest BCUT2D eigenvalue weighted by molar-refractivity contribution is 0.0215. The summed E-state index contributed by atoms with van der Waals surface area (Å²) >= 11 is 0. The first kappa shape index (κ1) is 17.5. The van der Waals surface area contributed by atoms with Crippen molar-refractivity contribution < 1.29 is 14.6 Å². The number of aliphatic hydroxyl groups excluding tert-OH is 1. The smallest absolute Gasteiger partial charge is 0.410 e. The maximum absolute atomic E-state index is 12.4. The molecule has 0 spiro atoms. The van der Waals surface area contributed by atoms with Crippen LogP contribution in [0.2, 0.25) is 0 Å². The fourth-order valence-corrected chi connectivity index (χ4v) is 3.53. The maximum Gasteiger partial charge on any atom is 0.410 e. The molecule has 1 saturated heterocycles. The summed E-state index contributed by atoms with van der Waals surface area (Å²) in [7, 11) is 0. The monoisotopic (exact) mass is 339 g/mol. The van der Waals surface area contributed by atoms with Gasteiger partial charge >= 0.3 is 6.09 Å². The highest BCUT2D eigenvalue weighted by molar-refractivity contribution is 5.67. The third-order valence-corrected chi connectivity index (χ3v) is 4.88. The molecule has 1 aliphatic heterocycles. The van der Waals surface area contributed by atoms with Gasteiger partial charge < -0.3 is 14.7 Å². The molecule has 1 aliphatic rings. The number of likely N-dealkylation sites (tertiary alicyclic amines) is 1. The molecule has 1 amide bonds. The summed E-state index contributed by atoms with van der Waals surface area (Å²) in [5.74, 6) is 0. The zero-order chi connectivity index (χ0) is 17.5. The molecular formula is C21H25NO3. The van der Waals surface area contributed by atoms with Gasteiger partial charge in [-0.15, -0.1) is 0 Å². The molecule has 25 heavy (non-hydrogen) atoms. The van der Waals surface area contributed by atoms with Crippen molar-refractivity contribution in [2.24, 2.45) is 5.41 Å². The minimum Gasteiger partial charge on any atom is -0.445 e. The summed E-state index contributed by atoms with van der Waals surface area (Å²) in [6, 6.07) is 19.8. The van der Waals surface area contributed by atoms with E-state index in [2.05, 4.69) is 12.1 Å². The van der Waals surface area contributed by atoms with E-state index in [1.807, 2.05) is 48.5 Å². The van der Waals surface area contributed by atoms with Crippen molar-refractivity contribution in [3.63, 3.8) is 0 Å². The van der Waals surface area contributed by atoms with E-state index in [4.69, 9.17) is 4.74 Å². The summed E-state index contributed by atoms with van der Waals surface area (Å²) in [6.07, 6.45) is 2.27. The zero-order valence-electron chi connectivity index (χ0n) is 14.4. The minimum atomic E-state index is -0.297. The highest BCUT2D eigenvalue weighted by Gasteiger charge is 2.37. The third kappa shape index (κ3) is 4.60. The number of nitrogens with zero attached hydrogens (tertiary/aromatic N) is 1. The van der Waals surface area contributed by atoms with Crippen LogP contribution >= 0.6 is 0 Å². The first-order valence-corrected chi connectivity index (χ1v) is 8.81. The van der Waals surface area contributed by atoms with Gasteiger partial charge in [-0.2, -0.15) is 0 Å². The molecule has 1 atom stereocenters. The number of hydrogen-bond acceptors (Lipinski definition) is 3. The van der Waals surface area contributed by atoms with E-state index in [9.17, 15) is 9.90 Å². The summed E-state index contributed by atoms with van der Waals surface area (Å²) < 4.78 is 5.46. The van der Waals surface area contributed by atoms with Crippen LogP contribution in [0.5, 0.6) is 0 Å². The molecule has 3 rings (SSSR count). The van der Waals surface area contributed by atoms with Gasteiger partial charge in [0, 0.05) is 18.5 Å². The predicted molar refractivity (Wildman–Crippen MR) is 97.1 cm³/mol. The Bertz CT molecular complexity index is 674. The van der Waals surface area contributed by atoms with Crippen molar-refractivity contribution in [2.45, 2.75) is 25.9 Å². The van der Waals surface area contributed by atoms with Crippen LogP contribution in [0.25, 0.3) is 0 Å². The van der Waals surface area contributed by atoms with E-state index in [0.717, 1.165) is 24.8 Å². The van der Waals surface area contributed by atoms with Crippen LogP contribution in [0, 0.1) is 5.41 Å². The van der Waals surface area contributed by atoms with Crippen LogP contribution in [0.15, 0.2) is 60.7 Å². The average Bonchev–Trinajstić information content (AvgIpc) is 2.68. The Hall–Kier alpha value is -2.33. The number of carbonyl (C=O) groups excluding carboxylic acids is 1. The van der Waals surface area contributed by atoms with Crippen LogP contribution in [-0.2, 0) is 17.8 Å². The van der Waals surface area contributed by atoms with Gasteiger partial charge in [-0.25, -0.2) is 4.79 Å². The molecule has 132 valence electrons. The summed E-state index contributed by atoms with van der Waals surface area (Å²) in [6.45, 7) is 1.57. The molecule has 4 nitrogen and oxygen atoms in total. The molecule has 0 bridgehead atoms. The van der Waals surface area contributed by atoms with Gasteiger partial charge in [0.1, 0.15) is 6.61 Å². The van der Waals surface area contributed by atoms with E-state index in [1.54, 1.807) is 4.90 Å². The summed E-state index contributed by atoms with van der Waals surface area (Å²) in [5.41, 5.74) is 1.88. The average molecular weight is 339 g/mol. The van der Waals surface area contributed by atoms with Crippen molar-refractivity contribution in [2.75, 3.05) is 19.7 Å². The van der Waals surface area contributed by atoms with Crippen molar-refractivity contribution in [3.05, 3.63) is 71.8 Å². The van der Waals surface area contributed by atoms with E-state index in [1.165, 1.54) is 5.56 Å². The van der Waals surface area contributed by atoms with Gasteiger partial charge in [0.15, 0.2) is 0 Å². The van der Waals surface area contributed by atoms with Crippen LogP contribution in [0.4, 0.5) is 4.79 Å². The third-order valence-electron chi connectivity index (χ3n) is 4.88. The van der Waals surface area contributed by atoms with Gasteiger partial charge in [0.05, 0.1) is 6.61 Å². The number of ether oxygens (including phenoxy) is 1. The van der Waals surface area contributed by atoms with Gasteiger partial charge in [0.2, 0.25) is 0 Å². The molecule has 0 saturated carbocycles. The van der Waals surface area contributed by atoms with Crippen LogP contribution in [0.3, 0.4) is 0 Å². The predicted octanol–water partition coefficient (Wildman–Crippen LogP) is 3.64. The molecule has 1 unspecified atom stereocenters. The fourth-order valence-electron chi connectivity index (χ4n) is 3.53. The maximum atomic E-state index is 12.4. The second kappa shape index (κ2) is 8.17. The topological polar surface area (TPSA) is 49.8 Å². The molecule has 1 fully saturated rings. The molecule has 0 aromatic heterocycles. The van der Waals surface area contributed by atoms with Crippen LogP contribution in [-0.4, -0.2) is 35.8 Å². The van der Waals surface area contributed by atoms with Gasteiger partial charge in [-0.3, -0.25) is 0 Å². The molecule has 1 N–H and O–H groups in total. The molecule has 0 aliphatic carbocycles. The van der Waals surface area contributed by atoms with Crippen molar-refractivity contribution >= 4 is 6.09 Å². The highest BCUT2D eigenvalue weighted by Crippen LogP contribution is 2.33. The molecular weight excluding hydrogens is 314 g/mol. The Kier molecular flexibility index (Phi) is 5.71. The Balaban J connectivity index is 1.61. The standard InChI is InChI=1S/C21H25NO3/c23-17-21(14-18-8-3-1-4-9-18)12-7-13-22(16-21)20(24)25-15-19-10-5-2-6-11-19/h1-6,8-11,23H,7,12-17H2. The molecule has 4 heteroatoms. The van der Waals surface area contributed by atoms with E-state index < -0.39 is 0 Å². The SMILES string of the molecule is O=C(OCc1ccccc1)N1CCCC(CO)(Cc2ccccc2)C1. The number of carbonyl (C=O) groups is 1. The lowest BCUT2D eigenvalue weighted by atomic mass is 9.76. The number of piperidine rings is 1. The van der Waals surface area contributed by atoms with Crippen LogP contribution in [0.1, 0.15) is 24.0 Å². The number of rotatable bonds is 5. The van der Waals surface area contributed by atoms with Gasteiger partial charge in [0.25, 0.3) is 0 Å². The van der Waals surface area contributed by atoms with Crippen LogP contribution < -0.4 is 0 Å². The lowest BCUT2D eigenvalue weighted by Crippen LogP contribution is -2.49. The highest BCUT2D eigenvalue weighted by atomic mass is 16.6. The summed E-state index contributed by atoms with van der Waals surface area (Å²) in [5, 5.41) is 10.0. The van der Waals surface area contributed by atoms with E-state index in [0.29, 0.717) is 13.1 Å².